The van der Waals surface area contributed by atoms with Crippen LogP contribution in [-0.4, -0.2) is 24.9 Å². The molecule has 2 N–H and O–H groups in total. The third-order valence-corrected chi connectivity index (χ3v) is 3.56. The Bertz CT molecular complexity index is 617. The Hall–Kier alpha value is -2.56. The average molecular weight is 269 g/mol. The summed E-state index contributed by atoms with van der Waals surface area (Å²) >= 11 is 0. The van der Waals surface area contributed by atoms with Gasteiger partial charge < -0.3 is 15.5 Å². The van der Waals surface area contributed by atoms with Crippen molar-refractivity contribution in [2.24, 2.45) is 5.73 Å². The number of nitrogens with zero attached hydrogens (tertiary/aromatic N) is 2. The normalized spacial score (nSPS) is 17.8. The second-order valence-electron chi connectivity index (χ2n) is 4.84. The van der Waals surface area contributed by atoms with Gasteiger partial charge in [-0.25, -0.2) is 0 Å². The molecular formula is C15H15N3O2. The molecule has 0 saturated carbocycles. The van der Waals surface area contributed by atoms with Gasteiger partial charge in [-0.3, -0.25) is 9.59 Å². The first-order chi connectivity index (χ1) is 9.65. The molecule has 1 aromatic rings. The molecule has 5 nitrogen and oxygen atoms in total. The van der Waals surface area contributed by atoms with Crippen molar-refractivity contribution in [1.82, 2.24) is 0 Å². The number of hydrogen-bond acceptors (Lipinski definition) is 3. The Balaban J connectivity index is 1.75. The number of anilines is 2. The monoisotopic (exact) mass is 269 g/mol. The van der Waals surface area contributed by atoms with Crippen LogP contribution in [0.5, 0.6) is 0 Å². The van der Waals surface area contributed by atoms with Crippen molar-refractivity contribution in [3.8, 4) is 0 Å². The van der Waals surface area contributed by atoms with Gasteiger partial charge in [0.1, 0.15) is 0 Å². The van der Waals surface area contributed by atoms with Gasteiger partial charge in [0.2, 0.25) is 11.8 Å². The summed E-state index contributed by atoms with van der Waals surface area (Å²) in [5.41, 5.74) is 7.75. The lowest BCUT2D eigenvalue weighted by atomic mass is 10.1. The minimum absolute atomic E-state index is 0.162. The molecule has 0 radical (unpaired) electrons. The Morgan fingerprint density at radius 2 is 1.85 bits per heavy atom. The van der Waals surface area contributed by atoms with Crippen LogP contribution in [0.1, 0.15) is 6.42 Å². The van der Waals surface area contributed by atoms with Crippen molar-refractivity contribution in [3.05, 3.63) is 48.2 Å². The molecule has 0 spiro atoms. The molecule has 0 bridgehead atoms. The lowest BCUT2D eigenvalue weighted by molar-refractivity contribution is -0.122. The minimum atomic E-state index is -0.401. The molecule has 3 rings (SSSR count). The summed E-state index contributed by atoms with van der Waals surface area (Å²) in [6, 6.07) is 7.72. The van der Waals surface area contributed by atoms with Crippen molar-refractivity contribution >= 4 is 23.2 Å². The number of hydrogen-bond donors (Lipinski definition) is 1. The fourth-order valence-corrected chi connectivity index (χ4v) is 2.30. The van der Waals surface area contributed by atoms with E-state index in [9.17, 15) is 9.59 Å². The second-order valence-corrected chi connectivity index (χ2v) is 4.84. The minimum Gasteiger partial charge on any atom is -0.366 e. The van der Waals surface area contributed by atoms with Gasteiger partial charge in [0.25, 0.3) is 0 Å². The predicted molar refractivity (Wildman–Crippen MR) is 77.2 cm³/mol. The third kappa shape index (κ3) is 2.18. The van der Waals surface area contributed by atoms with Gasteiger partial charge in [-0.05, 0) is 30.3 Å². The Kier molecular flexibility index (Phi) is 3.02. The average Bonchev–Trinajstić information content (AvgIpc) is 2.46. The number of rotatable bonds is 3. The van der Waals surface area contributed by atoms with E-state index in [0.717, 1.165) is 17.9 Å². The molecule has 1 saturated heterocycles. The molecule has 0 aliphatic carbocycles. The van der Waals surface area contributed by atoms with Crippen molar-refractivity contribution in [2.45, 2.75) is 6.42 Å². The number of carbonyl (C=O) groups excluding carboxylic acids is 2. The highest BCUT2D eigenvalue weighted by atomic mass is 16.2. The zero-order valence-corrected chi connectivity index (χ0v) is 11.0. The lowest BCUT2D eigenvalue weighted by Gasteiger charge is -2.31. The van der Waals surface area contributed by atoms with E-state index >= 15 is 0 Å². The molecule has 2 aliphatic rings. The van der Waals surface area contributed by atoms with E-state index in [1.54, 1.807) is 17.1 Å². The Labute approximate surface area is 117 Å². The summed E-state index contributed by atoms with van der Waals surface area (Å²) in [4.78, 5) is 26.3. The highest BCUT2D eigenvalue weighted by molar-refractivity contribution is 5.99. The fourth-order valence-electron chi connectivity index (χ4n) is 2.30. The predicted octanol–water partition coefficient (Wildman–Crippen LogP) is 1.17. The van der Waals surface area contributed by atoms with Gasteiger partial charge in [-0.15, -0.1) is 0 Å². The number of primary amides is 1. The standard InChI is InChI=1S/C15H15N3O2/c16-15(20)11-2-1-8-17(10-11)12-3-5-13(6-4-12)18-9-7-14(18)19/h1-6,8H,7,9-10H2,(H2,16,20). The van der Waals surface area contributed by atoms with E-state index in [4.69, 9.17) is 5.73 Å². The van der Waals surface area contributed by atoms with E-state index in [0.29, 0.717) is 18.5 Å². The molecule has 2 amide bonds. The third-order valence-electron chi connectivity index (χ3n) is 3.56. The van der Waals surface area contributed by atoms with Crippen LogP contribution in [0.4, 0.5) is 11.4 Å². The van der Waals surface area contributed by atoms with Crippen LogP contribution in [-0.2, 0) is 9.59 Å². The van der Waals surface area contributed by atoms with E-state index in [1.165, 1.54) is 0 Å². The fraction of sp³-hybridized carbons (Fsp3) is 0.200. The lowest BCUT2D eigenvalue weighted by Crippen LogP contribution is -2.43. The van der Waals surface area contributed by atoms with Crippen molar-refractivity contribution in [2.75, 3.05) is 22.9 Å². The van der Waals surface area contributed by atoms with Crippen molar-refractivity contribution in [3.63, 3.8) is 0 Å². The highest BCUT2D eigenvalue weighted by Gasteiger charge is 2.25. The van der Waals surface area contributed by atoms with E-state index in [-0.39, 0.29) is 5.91 Å². The van der Waals surface area contributed by atoms with Crippen LogP contribution in [0.25, 0.3) is 0 Å². The van der Waals surface area contributed by atoms with Crippen molar-refractivity contribution < 1.29 is 9.59 Å². The largest absolute Gasteiger partial charge is 0.366 e. The summed E-state index contributed by atoms with van der Waals surface area (Å²) in [5.74, 6) is -0.239. The van der Waals surface area contributed by atoms with Crippen LogP contribution >= 0.6 is 0 Å². The number of benzene rings is 1. The maximum absolute atomic E-state index is 11.4. The zero-order valence-electron chi connectivity index (χ0n) is 11.0. The molecule has 0 unspecified atom stereocenters. The number of β-lactam (4-membered cyclic amide) rings is 1. The van der Waals surface area contributed by atoms with E-state index in [1.807, 2.05) is 35.4 Å². The smallest absolute Gasteiger partial charge is 0.246 e. The maximum Gasteiger partial charge on any atom is 0.246 e. The number of nitrogens with two attached hydrogens (primary N) is 1. The highest BCUT2D eigenvalue weighted by Crippen LogP contribution is 2.26. The van der Waals surface area contributed by atoms with Crippen LogP contribution in [0, 0.1) is 0 Å². The molecular weight excluding hydrogens is 254 g/mol. The summed E-state index contributed by atoms with van der Waals surface area (Å²) in [6.45, 7) is 1.25. The zero-order chi connectivity index (χ0) is 14.1. The Morgan fingerprint density at radius 3 is 2.40 bits per heavy atom. The molecule has 0 aromatic heterocycles. The summed E-state index contributed by atoms with van der Waals surface area (Å²) in [7, 11) is 0. The van der Waals surface area contributed by atoms with E-state index < -0.39 is 5.91 Å². The topological polar surface area (TPSA) is 66.6 Å². The van der Waals surface area contributed by atoms with Crippen LogP contribution in [0.3, 0.4) is 0 Å². The maximum atomic E-state index is 11.4. The summed E-state index contributed by atoms with van der Waals surface area (Å²) < 4.78 is 0. The molecule has 2 heterocycles. The van der Waals surface area contributed by atoms with Gasteiger partial charge in [0, 0.05) is 36.1 Å². The molecule has 1 fully saturated rings. The molecule has 5 heteroatoms. The molecule has 2 aliphatic heterocycles. The number of allylic oxidation sites excluding steroid dienone is 2. The second kappa shape index (κ2) is 4.85. The molecule has 0 atom stereocenters. The molecule has 102 valence electrons. The van der Waals surface area contributed by atoms with Gasteiger partial charge >= 0.3 is 0 Å². The number of amides is 2. The first kappa shape index (κ1) is 12.5. The van der Waals surface area contributed by atoms with Crippen LogP contribution < -0.4 is 15.5 Å². The molecule has 20 heavy (non-hydrogen) atoms. The van der Waals surface area contributed by atoms with E-state index in [2.05, 4.69) is 0 Å². The van der Waals surface area contributed by atoms with Crippen molar-refractivity contribution in [1.29, 1.82) is 0 Å². The summed E-state index contributed by atoms with van der Waals surface area (Å²) in [6.07, 6.45) is 6.06. The van der Waals surface area contributed by atoms with Gasteiger partial charge in [0.05, 0.1) is 6.54 Å². The van der Waals surface area contributed by atoms with Gasteiger partial charge in [-0.1, -0.05) is 6.08 Å². The SMILES string of the molecule is NC(=O)C1=CC=CN(c2ccc(N3CCC3=O)cc2)C1. The Morgan fingerprint density at radius 1 is 1.15 bits per heavy atom. The van der Waals surface area contributed by atoms with Gasteiger partial charge in [0.15, 0.2) is 0 Å². The van der Waals surface area contributed by atoms with Gasteiger partial charge in [-0.2, -0.15) is 0 Å². The van der Waals surface area contributed by atoms with Crippen LogP contribution in [0.2, 0.25) is 0 Å². The molecule has 1 aromatic carbocycles. The number of carbonyl (C=O) groups is 2. The van der Waals surface area contributed by atoms with Crippen LogP contribution in [0.15, 0.2) is 48.2 Å². The quantitative estimate of drug-likeness (QED) is 0.838. The summed E-state index contributed by atoms with van der Waals surface area (Å²) in [5, 5.41) is 0. The first-order valence-corrected chi connectivity index (χ1v) is 6.49. The first-order valence-electron chi connectivity index (χ1n) is 6.49.